The maximum atomic E-state index is 12.7. The van der Waals surface area contributed by atoms with Gasteiger partial charge in [-0.15, -0.1) is 0 Å². The number of benzene rings is 2. The number of carbonyl (C=O) groups excluding carboxylic acids is 2. The van der Waals surface area contributed by atoms with E-state index >= 15 is 0 Å². The highest BCUT2D eigenvalue weighted by atomic mass is 16.5. The van der Waals surface area contributed by atoms with Gasteiger partial charge in [0, 0.05) is 26.6 Å². The van der Waals surface area contributed by atoms with Crippen LogP contribution in [0.2, 0.25) is 0 Å². The summed E-state index contributed by atoms with van der Waals surface area (Å²) in [4.78, 5) is 27.1. The van der Waals surface area contributed by atoms with E-state index in [9.17, 15) is 9.59 Å². The number of hydrogen-bond acceptors (Lipinski definition) is 4. The van der Waals surface area contributed by atoms with Crippen molar-refractivity contribution in [3.63, 3.8) is 0 Å². The van der Waals surface area contributed by atoms with Gasteiger partial charge in [0.15, 0.2) is 6.10 Å². The van der Waals surface area contributed by atoms with E-state index in [1.54, 1.807) is 7.11 Å². The lowest BCUT2D eigenvalue weighted by atomic mass is 9.87. The Morgan fingerprint density at radius 3 is 2.61 bits per heavy atom. The van der Waals surface area contributed by atoms with Crippen LogP contribution in [0.3, 0.4) is 0 Å². The van der Waals surface area contributed by atoms with E-state index < -0.39 is 6.10 Å². The Morgan fingerprint density at radius 1 is 1.16 bits per heavy atom. The molecule has 2 aromatic carbocycles. The molecular weight excluding hydrogens is 392 g/mol. The molecule has 2 atom stereocenters. The summed E-state index contributed by atoms with van der Waals surface area (Å²) < 4.78 is 11.1. The standard InChI is InChI=1S/C25H32N2O4/c1-4-22(25(29)26-14-16-30-3)31-20-12-11-18-13-15-27(23(28)5-2)24(21(18)17-20)19-9-7-6-8-10-19/h6-12,17,22,24H,4-5,13-16H2,1-3H3,(H,26,29). The van der Waals surface area contributed by atoms with Crippen LogP contribution in [-0.2, 0) is 20.7 Å². The highest BCUT2D eigenvalue weighted by Gasteiger charge is 2.32. The molecule has 0 saturated carbocycles. The molecule has 1 aliphatic heterocycles. The van der Waals surface area contributed by atoms with Crippen molar-refractivity contribution in [3.8, 4) is 5.75 Å². The number of hydrogen-bond donors (Lipinski definition) is 1. The van der Waals surface area contributed by atoms with Gasteiger partial charge in [-0.05, 0) is 41.7 Å². The predicted molar refractivity (Wildman–Crippen MR) is 120 cm³/mol. The molecule has 2 unspecified atom stereocenters. The number of ether oxygens (including phenoxy) is 2. The summed E-state index contributed by atoms with van der Waals surface area (Å²) in [6, 6.07) is 15.9. The van der Waals surface area contributed by atoms with Gasteiger partial charge in [0.1, 0.15) is 5.75 Å². The van der Waals surface area contributed by atoms with Crippen LogP contribution < -0.4 is 10.1 Å². The van der Waals surface area contributed by atoms with Crippen LogP contribution in [0, 0.1) is 0 Å². The van der Waals surface area contributed by atoms with Crippen molar-refractivity contribution in [1.82, 2.24) is 10.2 Å². The third kappa shape index (κ3) is 5.44. The van der Waals surface area contributed by atoms with Crippen LogP contribution in [0.25, 0.3) is 0 Å². The van der Waals surface area contributed by atoms with Crippen molar-refractivity contribution in [2.24, 2.45) is 0 Å². The van der Waals surface area contributed by atoms with Gasteiger partial charge in [0.25, 0.3) is 5.91 Å². The van der Waals surface area contributed by atoms with Crippen LogP contribution in [0.5, 0.6) is 5.75 Å². The quantitative estimate of drug-likeness (QED) is 0.626. The Hall–Kier alpha value is -2.86. The number of carbonyl (C=O) groups is 2. The van der Waals surface area contributed by atoms with Gasteiger partial charge in [-0.3, -0.25) is 9.59 Å². The third-order valence-corrected chi connectivity index (χ3v) is 5.63. The highest BCUT2D eigenvalue weighted by molar-refractivity contribution is 5.81. The van der Waals surface area contributed by atoms with Gasteiger partial charge < -0.3 is 19.7 Å². The fraction of sp³-hybridized carbons (Fsp3) is 0.440. The molecule has 2 amide bonds. The number of methoxy groups -OCH3 is 1. The van der Waals surface area contributed by atoms with Gasteiger partial charge in [0.2, 0.25) is 5.91 Å². The molecule has 1 heterocycles. The molecule has 0 bridgehead atoms. The van der Waals surface area contributed by atoms with Gasteiger partial charge in [-0.1, -0.05) is 50.2 Å². The largest absolute Gasteiger partial charge is 0.481 e. The van der Waals surface area contributed by atoms with Crippen LogP contribution >= 0.6 is 0 Å². The Bertz CT molecular complexity index is 884. The summed E-state index contributed by atoms with van der Waals surface area (Å²) in [7, 11) is 1.60. The molecule has 0 saturated heterocycles. The van der Waals surface area contributed by atoms with E-state index in [0.717, 1.165) is 17.5 Å². The SMILES string of the molecule is CCC(=O)N1CCc2ccc(OC(CC)C(=O)NCCOC)cc2C1c1ccccc1. The van der Waals surface area contributed by atoms with E-state index in [2.05, 4.69) is 23.5 Å². The third-order valence-electron chi connectivity index (χ3n) is 5.63. The molecule has 6 nitrogen and oxygen atoms in total. The van der Waals surface area contributed by atoms with E-state index in [0.29, 0.717) is 38.3 Å². The number of nitrogens with zero attached hydrogens (tertiary/aromatic N) is 1. The predicted octanol–water partition coefficient (Wildman–Crippen LogP) is 3.49. The topological polar surface area (TPSA) is 67.9 Å². The van der Waals surface area contributed by atoms with Crippen molar-refractivity contribution in [2.75, 3.05) is 26.8 Å². The number of amides is 2. The monoisotopic (exact) mass is 424 g/mol. The van der Waals surface area contributed by atoms with Crippen molar-refractivity contribution < 1.29 is 19.1 Å². The average molecular weight is 425 g/mol. The minimum Gasteiger partial charge on any atom is -0.481 e. The Balaban J connectivity index is 1.89. The summed E-state index contributed by atoms with van der Waals surface area (Å²) >= 11 is 0. The molecule has 31 heavy (non-hydrogen) atoms. The van der Waals surface area contributed by atoms with E-state index in [1.165, 1.54) is 5.56 Å². The Labute approximate surface area is 184 Å². The lowest BCUT2D eigenvalue weighted by molar-refractivity contribution is -0.133. The molecule has 3 rings (SSSR count). The summed E-state index contributed by atoms with van der Waals surface area (Å²) in [5.41, 5.74) is 3.34. The second kappa shape index (κ2) is 11.0. The summed E-state index contributed by atoms with van der Waals surface area (Å²) in [5, 5.41) is 2.84. The highest BCUT2D eigenvalue weighted by Crippen LogP contribution is 2.37. The summed E-state index contributed by atoms with van der Waals surface area (Å²) in [5.74, 6) is 0.619. The maximum Gasteiger partial charge on any atom is 0.261 e. The van der Waals surface area contributed by atoms with Crippen LogP contribution in [0.4, 0.5) is 0 Å². The van der Waals surface area contributed by atoms with Crippen LogP contribution in [0.15, 0.2) is 48.5 Å². The lowest BCUT2D eigenvalue weighted by Gasteiger charge is -2.38. The molecule has 166 valence electrons. The number of rotatable bonds is 9. The summed E-state index contributed by atoms with van der Waals surface area (Å²) in [6.07, 6.45) is 1.24. The molecule has 0 fully saturated rings. The Kier molecular flexibility index (Phi) is 8.06. The fourth-order valence-electron chi connectivity index (χ4n) is 4.01. The number of fused-ring (bicyclic) bond motifs is 1. The lowest BCUT2D eigenvalue weighted by Crippen LogP contribution is -2.40. The molecule has 6 heteroatoms. The van der Waals surface area contributed by atoms with Gasteiger partial charge >= 0.3 is 0 Å². The van der Waals surface area contributed by atoms with E-state index in [4.69, 9.17) is 9.47 Å². The minimum absolute atomic E-state index is 0.134. The van der Waals surface area contributed by atoms with Gasteiger partial charge in [-0.25, -0.2) is 0 Å². The maximum absolute atomic E-state index is 12.7. The van der Waals surface area contributed by atoms with Crippen LogP contribution in [0.1, 0.15) is 49.4 Å². The molecule has 0 spiro atoms. The second-order valence-corrected chi connectivity index (χ2v) is 7.66. The molecule has 0 aromatic heterocycles. The van der Waals surface area contributed by atoms with E-state index in [1.807, 2.05) is 49.1 Å². The first-order valence-corrected chi connectivity index (χ1v) is 11.0. The average Bonchev–Trinajstić information content (AvgIpc) is 2.81. The fourth-order valence-corrected chi connectivity index (χ4v) is 4.01. The molecule has 0 aliphatic carbocycles. The number of nitrogens with one attached hydrogen (secondary N) is 1. The zero-order valence-electron chi connectivity index (χ0n) is 18.6. The van der Waals surface area contributed by atoms with Crippen molar-refractivity contribution >= 4 is 11.8 Å². The van der Waals surface area contributed by atoms with Crippen molar-refractivity contribution in [3.05, 3.63) is 65.2 Å². The minimum atomic E-state index is -0.581. The zero-order chi connectivity index (χ0) is 22.2. The first-order valence-electron chi connectivity index (χ1n) is 11.0. The van der Waals surface area contributed by atoms with Crippen molar-refractivity contribution in [1.29, 1.82) is 0 Å². The molecule has 1 N–H and O–H groups in total. The first kappa shape index (κ1) is 22.8. The Morgan fingerprint density at radius 2 is 1.94 bits per heavy atom. The zero-order valence-corrected chi connectivity index (χ0v) is 18.6. The first-order chi connectivity index (χ1) is 15.1. The second-order valence-electron chi connectivity index (χ2n) is 7.66. The summed E-state index contributed by atoms with van der Waals surface area (Å²) in [6.45, 7) is 5.42. The normalized spacial score (nSPS) is 16.4. The van der Waals surface area contributed by atoms with E-state index in [-0.39, 0.29) is 17.9 Å². The molecular formula is C25H32N2O4. The van der Waals surface area contributed by atoms with Gasteiger partial charge in [-0.2, -0.15) is 0 Å². The smallest absolute Gasteiger partial charge is 0.261 e. The van der Waals surface area contributed by atoms with Crippen molar-refractivity contribution in [2.45, 2.75) is 45.3 Å². The molecule has 1 aliphatic rings. The molecule has 2 aromatic rings. The van der Waals surface area contributed by atoms with Crippen LogP contribution in [-0.4, -0.2) is 49.6 Å². The molecule has 0 radical (unpaired) electrons. The van der Waals surface area contributed by atoms with Gasteiger partial charge in [0.05, 0.1) is 12.6 Å².